The highest BCUT2D eigenvalue weighted by Crippen LogP contribution is 2.22. The first-order chi connectivity index (χ1) is 10.1. The second-order valence-electron chi connectivity index (χ2n) is 4.76. The van der Waals surface area contributed by atoms with Crippen molar-refractivity contribution in [2.24, 2.45) is 0 Å². The van der Waals surface area contributed by atoms with Gasteiger partial charge in [0.05, 0.1) is 6.61 Å². The van der Waals surface area contributed by atoms with Crippen molar-refractivity contribution in [1.29, 1.82) is 0 Å². The number of benzene rings is 1. The molecule has 2 N–H and O–H groups in total. The minimum atomic E-state index is -1.12. The van der Waals surface area contributed by atoms with Gasteiger partial charge in [-0.2, -0.15) is 0 Å². The lowest BCUT2D eigenvalue weighted by Crippen LogP contribution is -2.39. The number of amides is 1. The van der Waals surface area contributed by atoms with E-state index in [0.717, 1.165) is 11.0 Å². The summed E-state index contributed by atoms with van der Waals surface area (Å²) in [5.41, 5.74) is 1.73. The number of hydrogen-bond donors (Lipinski definition) is 2. The fourth-order valence-corrected chi connectivity index (χ4v) is 2.10. The summed E-state index contributed by atoms with van der Waals surface area (Å²) >= 11 is 0. The molecule has 21 heavy (non-hydrogen) atoms. The zero-order valence-corrected chi connectivity index (χ0v) is 11.7. The van der Waals surface area contributed by atoms with Gasteiger partial charge in [0.2, 0.25) is 5.91 Å². The van der Waals surface area contributed by atoms with Crippen molar-refractivity contribution < 1.29 is 24.1 Å². The van der Waals surface area contributed by atoms with E-state index in [9.17, 15) is 14.7 Å². The molecule has 7 heteroatoms. The molecule has 2 rings (SSSR count). The second kappa shape index (κ2) is 7.24. The van der Waals surface area contributed by atoms with Crippen molar-refractivity contribution in [2.45, 2.75) is 32.1 Å². The van der Waals surface area contributed by atoms with Crippen molar-refractivity contribution in [3.63, 3.8) is 0 Å². The Morgan fingerprint density at radius 2 is 2.24 bits per heavy atom. The Hall–Kier alpha value is -1.86. The molecule has 1 aliphatic heterocycles. The van der Waals surface area contributed by atoms with Crippen LogP contribution in [0.4, 0.5) is 0 Å². The Kier molecular flexibility index (Phi) is 5.35. The van der Waals surface area contributed by atoms with Crippen molar-refractivity contribution >= 4 is 24.8 Å². The highest BCUT2D eigenvalue weighted by atomic mass is 16.5. The number of rotatable bonds is 6. The number of carbonyl (C=O) groups is 2. The quantitative estimate of drug-likeness (QED) is 0.327. The minimum absolute atomic E-state index is 0.169. The lowest BCUT2D eigenvalue weighted by molar-refractivity contribution is -0.141. The molecule has 1 amide bonds. The van der Waals surface area contributed by atoms with Gasteiger partial charge < -0.3 is 19.8 Å². The van der Waals surface area contributed by atoms with E-state index < -0.39 is 12.3 Å². The molecule has 1 heterocycles. The molecular weight excluding hydrogens is 273 g/mol. The molecule has 1 radical (unpaired) electrons. The summed E-state index contributed by atoms with van der Waals surface area (Å²) < 4.78 is 10.1. The Morgan fingerprint density at radius 1 is 1.48 bits per heavy atom. The predicted molar refractivity (Wildman–Crippen MR) is 75.7 cm³/mol. The van der Waals surface area contributed by atoms with Gasteiger partial charge in [-0.25, -0.2) is 0 Å². The van der Waals surface area contributed by atoms with Crippen LogP contribution in [0.2, 0.25) is 0 Å². The monoisotopic (exact) mass is 290 g/mol. The molecule has 2 unspecified atom stereocenters. The first kappa shape index (κ1) is 15.5. The molecule has 6 nitrogen and oxygen atoms in total. The van der Waals surface area contributed by atoms with E-state index in [-0.39, 0.29) is 24.9 Å². The molecule has 0 spiro atoms. The lowest BCUT2D eigenvalue weighted by atomic mass is 9.87. The van der Waals surface area contributed by atoms with E-state index in [1.807, 2.05) is 24.3 Å². The Bertz CT molecular complexity index is 522. The van der Waals surface area contributed by atoms with Crippen LogP contribution in [-0.2, 0) is 19.0 Å². The number of aliphatic hydroxyl groups excluding tert-OH is 1. The third-order valence-corrected chi connectivity index (χ3v) is 3.09. The van der Waals surface area contributed by atoms with Crippen LogP contribution >= 0.6 is 0 Å². The molecule has 0 fully saturated rings. The average molecular weight is 290 g/mol. The van der Waals surface area contributed by atoms with Gasteiger partial charge >= 0.3 is 13.5 Å². The van der Waals surface area contributed by atoms with Crippen LogP contribution in [0.1, 0.15) is 31.4 Å². The first-order valence-corrected chi connectivity index (χ1v) is 6.76. The molecule has 2 atom stereocenters. The number of hydrogen-bond acceptors (Lipinski definition) is 5. The topological polar surface area (TPSA) is 84.9 Å². The van der Waals surface area contributed by atoms with Crippen LogP contribution in [0.15, 0.2) is 24.3 Å². The maximum atomic E-state index is 11.7. The second-order valence-corrected chi connectivity index (χ2v) is 4.76. The van der Waals surface area contributed by atoms with Crippen molar-refractivity contribution in [2.75, 3.05) is 6.61 Å². The number of carbonyl (C=O) groups excluding carboxylic acids is 2. The maximum Gasteiger partial charge on any atom is 0.331 e. The molecular formula is C14H17BNO5. The zero-order valence-electron chi connectivity index (χ0n) is 11.7. The van der Waals surface area contributed by atoms with Crippen LogP contribution in [0, 0.1) is 0 Å². The van der Waals surface area contributed by atoms with Crippen LogP contribution in [0.5, 0.6) is 0 Å². The van der Waals surface area contributed by atoms with Gasteiger partial charge in [0.15, 0.2) is 6.23 Å². The summed E-state index contributed by atoms with van der Waals surface area (Å²) in [6, 6.07) is 7.45. The lowest BCUT2D eigenvalue weighted by Gasteiger charge is -2.20. The predicted octanol–water partition coefficient (Wildman–Crippen LogP) is -0.220. The molecule has 0 saturated carbocycles. The van der Waals surface area contributed by atoms with E-state index in [4.69, 9.17) is 9.39 Å². The van der Waals surface area contributed by atoms with Gasteiger partial charge in [-0.1, -0.05) is 24.3 Å². The van der Waals surface area contributed by atoms with Gasteiger partial charge in [0, 0.05) is 13.3 Å². The fraction of sp³-hybridized carbons (Fsp3) is 0.429. The van der Waals surface area contributed by atoms with Gasteiger partial charge in [-0.05, 0) is 17.4 Å². The van der Waals surface area contributed by atoms with Crippen molar-refractivity contribution in [1.82, 2.24) is 5.32 Å². The molecule has 1 aromatic rings. The van der Waals surface area contributed by atoms with Crippen LogP contribution < -0.4 is 10.8 Å². The number of ether oxygens (including phenoxy) is 1. The van der Waals surface area contributed by atoms with E-state index >= 15 is 0 Å². The summed E-state index contributed by atoms with van der Waals surface area (Å²) in [5, 5.41) is 12.5. The number of esters is 1. The maximum absolute atomic E-state index is 11.7. The highest BCUT2D eigenvalue weighted by molar-refractivity contribution is 6.49. The smallest absolute Gasteiger partial charge is 0.331 e. The largest absolute Gasteiger partial charge is 0.466 e. The SMILES string of the molecule is CC(=O)OCCCC(=O)NC(O)C1O[B]c2ccccc21. The first-order valence-electron chi connectivity index (χ1n) is 6.76. The van der Waals surface area contributed by atoms with Gasteiger partial charge in [-0.15, -0.1) is 0 Å². The van der Waals surface area contributed by atoms with E-state index in [1.54, 1.807) is 7.48 Å². The molecule has 1 aliphatic rings. The van der Waals surface area contributed by atoms with Crippen LogP contribution in [0.3, 0.4) is 0 Å². The molecule has 0 aliphatic carbocycles. The zero-order chi connectivity index (χ0) is 15.2. The molecule has 0 bridgehead atoms. The van der Waals surface area contributed by atoms with E-state index in [1.165, 1.54) is 6.92 Å². The van der Waals surface area contributed by atoms with Crippen molar-refractivity contribution in [3.05, 3.63) is 29.8 Å². The summed E-state index contributed by atoms with van der Waals surface area (Å²) in [4.78, 5) is 22.3. The standard InChI is InChI=1S/C14H17BNO5/c1-9(17)20-8-4-7-12(18)16-14(19)13-10-5-2-3-6-11(10)15-21-13/h2-3,5-6,13-14,19H,4,7-8H2,1H3,(H,16,18). The average Bonchev–Trinajstić information content (AvgIpc) is 2.87. The molecule has 0 saturated heterocycles. The third-order valence-electron chi connectivity index (χ3n) is 3.09. The van der Waals surface area contributed by atoms with Gasteiger partial charge in [0.1, 0.15) is 6.10 Å². The normalized spacial score (nSPS) is 17.5. The fourth-order valence-electron chi connectivity index (χ4n) is 2.10. The van der Waals surface area contributed by atoms with Crippen LogP contribution in [-0.4, -0.2) is 37.3 Å². The number of nitrogens with one attached hydrogen (secondary N) is 1. The summed E-state index contributed by atoms with van der Waals surface area (Å²) in [6.45, 7) is 1.50. The van der Waals surface area contributed by atoms with Gasteiger partial charge in [0.25, 0.3) is 0 Å². The Labute approximate surface area is 123 Å². The van der Waals surface area contributed by atoms with Crippen molar-refractivity contribution in [3.8, 4) is 0 Å². The summed E-state index contributed by atoms with van der Waals surface area (Å²) in [7, 11) is 1.57. The van der Waals surface area contributed by atoms with E-state index in [2.05, 4.69) is 5.32 Å². The van der Waals surface area contributed by atoms with Gasteiger partial charge in [-0.3, -0.25) is 9.59 Å². The Morgan fingerprint density at radius 3 is 3.00 bits per heavy atom. The molecule has 1 aromatic carbocycles. The summed E-state index contributed by atoms with van der Waals surface area (Å²) in [6.07, 6.45) is -1.14. The Balaban J connectivity index is 1.78. The summed E-state index contributed by atoms with van der Waals surface area (Å²) in [5.74, 6) is -0.690. The molecule has 111 valence electrons. The highest BCUT2D eigenvalue weighted by Gasteiger charge is 2.30. The number of aliphatic hydroxyl groups is 1. The van der Waals surface area contributed by atoms with Crippen LogP contribution in [0.25, 0.3) is 0 Å². The third kappa shape index (κ3) is 4.31. The minimum Gasteiger partial charge on any atom is -0.466 e. The van der Waals surface area contributed by atoms with E-state index in [0.29, 0.717) is 6.42 Å². The molecule has 0 aromatic heterocycles. The number of fused-ring (bicyclic) bond motifs is 1.